The molecule has 1 fully saturated rings. The Morgan fingerprint density at radius 2 is 1.57 bits per heavy atom. The summed E-state index contributed by atoms with van der Waals surface area (Å²) in [5, 5.41) is 2.07. The molecule has 196 valence electrons. The molecule has 4 unspecified atom stereocenters. The summed E-state index contributed by atoms with van der Waals surface area (Å²) < 4.78 is 20.2. The molecule has 1 aliphatic heterocycles. The normalized spacial score (nSPS) is 22.1. The molecule has 1 aromatic heterocycles. The molecule has 0 bridgehead atoms. The van der Waals surface area contributed by atoms with Gasteiger partial charge < -0.3 is 13.9 Å². The molecule has 4 rings (SSSR count). The third-order valence-electron chi connectivity index (χ3n) is 7.01. The van der Waals surface area contributed by atoms with Crippen molar-refractivity contribution >= 4 is 24.7 Å². The maximum absolute atomic E-state index is 12.6. The van der Waals surface area contributed by atoms with Gasteiger partial charge in [0, 0.05) is 25.1 Å². The van der Waals surface area contributed by atoms with Crippen LogP contribution in [0.15, 0.2) is 82.5 Å². The van der Waals surface area contributed by atoms with Gasteiger partial charge in [0.1, 0.15) is 0 Å². The van der Waals surface area contributed by atoms with E-state index in [1.807, 2.05) is 43.3 Å². The lowest BCUT2D eigenvalue weighted by Crippen LogP contribution is -2.67. The number of carbonyl (C=O) groups excluding carboxylic acids is 1. The fourth-order valence-corrected chi connectivity index (χ4v) is 9.79. The Morgan fingerprint density at radius 1 is 1.00 bits per heavy atom. The predicted octanol–water partition coefficient (Wildman–Crippen LogP) is 2.58. The first-order valence-corrected chi connectivity index (χ1v) is 14.3. The Labute approximate surface area is 217 Å². The van der Waals surface area contributed by atoms with E-state index >= 15 is 0 Å². The fourth-order valence-electron chi connectivity index (χ4n) is 5.22. The first kappa shape index (κ1) is 26.8. The van der Waals surface area contributed by atoms with Crippen molar-refractivity contribution in [1.82, 2.24) is 9.55 Å². The zero-order chi connectivity index (χ0) is 26.8. The van der Waals surface area contributed by atoms with E-state index in [1.165, 1.54) is 23.8 Å². The Balaban J connectivity index is 1.72. The van der Waals surface area contributed by atoms with Crippen molar-refractivity contribution < 1.29 is 18.7 Å². The quantitative estimate of drug-likeness (QED) is 0.378. The standard InChI is InChI=1S/C28H34N2O6Si/c1-19-23(36-26(25(19)35-20(2)31)30-17-16-24(32)29-27(30)33)18-34-37(28(3,4)5,21-12-8-6-9-13-21)22-14-10-7-11-15-22/h6-17,19,23,25-26H,18H2,1-5H3,(H,29,32,33). The lowest BCUT2D eigenvalue weighted by molar-refractivity contribution is -0.153. The predicted molar refractivity (Wildman–Crippen MR) is 144 cm³/mol. The summed E-state index contributed by atoms with van der Waals surface area (Å²) >= 11 is 0. The van der Waals surface area contributed by atoms with Crippen molar-refractivity contribution in [1.29, 1.82) is 0 Å². The van der Waals surface area contributed by atoms with E-state index in [-0.39, 0.29) is 17.6 Å². The Morgan fingerprint density at radius 3 is 2.05 bits per heavy atom. The smallest absolute Gasteiger partial charge is 0.330 e. The van der Waals surface area contributed by atoms with Crippen molar-refractivity contribution in [3.63, 3.8) is 0 Å². The molecule has 9 heteroatoms. The Kier molecular flexibility index (Phi) is 7.68. The molecule has 1 aliphatic rings. The van der Waals surface area contributed by atoms with Gasteiger partial charge in [0.2, 0.25) is 0 Å². The number of H-pyrrole nitrogens is 1. The van der Waals surface area contributed by atoms with Crippen LogP contribution in [-0.2, 0) is 18.7 Å². The Hall–Kier alpha value is -3.27. The van der Waals surface area contributed by atoms with Crippen LogP contribution >= 0.6 is 0 Å². The van der Waals surface area contributed by atoms with Crippen LogP contribution in [0.3, 0.4) is 0 Å². The van der Waals surface area contributed by atoms with E-state index in [0.717, 1.165) is 10.4 Å². The van der Waals surface area contributed by atoms with Crippen LogP contribution in [0, 0.1) is 5.92 Å². The number of aromatic nitrogens is 2. The van der Waals surface area contributed by atoms with Gasteiger partial charge in [0.15, 0.2) is 12.3 Å². The first-order valence-electron chi connectivity index (χ1n) is 12.4. The van der Waals surface area contributed by atoms with E-state index in [9.17, 15) is 14.4 Å². The van der Waals surface area contributed by atoms with Gasteiger partial charge in [0.25, 0.3) is 13.9 Å². The highest BCUT2D eigenvalue weighted by Crippen LogP contribution is 2.40. The number of ether oxygens (including phenoxy) is 2. The average molecular weight is 523 g/mol. The molecule has 37 heavy (non-hydrogen) atoms. The summed E-state index contributed by atoms with van der Waals surface area (Å²) in [7, 11) is -2.82. The summed E-state index contributed by atoms with van der Waals surface area (Å²) in [6.07, 6.45) is -0.722. The molecular weight excluding hydrogens is 488 g/mol. The minimum absolute atomic E-state index is 0.220. The van der Waals surface area contributed by atoms with Gasteiger partial charge in [-0.15, -0.1) is 0 Å². The number of hydrogen-bond donors (Lipinski definition) is 1. The molecule has 1 N–H and O–H groups in total. The summed E-state index contributed by atoms with van der Waals surface area (Å²) in [6, 6.07) is 21.8. The maximum Gasteiger partial charge on any atom is 0.330 e. The third-order valence-corrected chi connectivity index (χ3v) is 12.0. The average Bonchev–Trinajstić information content (AvgIpc) is 3.14. The van der Waals surface area contributed by atoms with Crippen molar-refractivity contribution in [2.75, 3.05) is 6.61 Å². The number of esters is 1. The number of carbonyl (C=O) groups is 1. The molecule has 0 amide bonds. The van der Waals surface area contributed by atoms with Gasteiger partial charge in [-0.3, -0.25) is 19.1 Å². The number of aromatic amines is 1. The minimum atomic E-state index is -2.82. The number of rotatable bonds is 7. The molecule has 1 saturated heterocycles. The summed E-state index contributed by atoms with van der Waals surface area (Å²) in [4.78, 5) is 38.3. The zero-order valence-electron chi connectivity index (χ0n) is 21.8. The highest BCUT2D eigenvalue weighted by Gasteiger charge is 2.52. The minimum Gasteiger partial charge on any atom is -0.457 e. The maximum atomic E-state index is 12.6. The third kappa shape index (κ3) is 5.25. The van der Waals surface area contributed by atoms with Crippen LogP contribution in [0.5, 0.6) is 0 Å². The number of nitrogens with zero attached hydrogens (tertiary/aromatic N) is 1. The second-order valence-electron chi connectivity index (χ2n) is 10.5. The van der Waals surface area contributed by atoms with Crippen LogP contribution in [0.1, 0.15) is 40.8 Å². The molecule has 0 aliphatic carbocycles. The molecule has 2 heterocycles. The molecule has 3 aromatic rings. The second kappa shape index (κ2) is 10.6. The zero-order valence-corrected chi connectivity index (χ0v) is 22.8. The number of nitrogens with one attached hydrogen (secondary N) is 1. The van der Waals surface area contributed by atoms with Crippen molar-refractivity contribution in [2.45, 2.75) is 58.1 Å². The largest absolute Gasteiger partial charge is 0.457 e. The van der Waals surface area contributed by atoms with Crippen LogP contribution < -0.4 is 21.6 Å². The lowest BCUT2D eigenvalue weighted by atomic mass is 10.0. The first-order chi connectivity index (χ1) is 17.5. The molecule has 0 radical (unpaired) electrons. The Bertz CT molecular complexity index is 1290. The van der Waals surface area contributed by atoms with Crippen molar-refractivity contribution in [3.05, 3.63) is 93.8 Å². The molecule has 8 nitrogen and oxygen atoms in total. The van der Waals surface area contributed by atoms with Crippen LogP contribution in [-0.4, -0.2) is 42.7 Å². The van der Waals surface area contributed by atoms with Gasteiger partial charge in [-0.1, -0.05) is 88.4 Å². The van der Waals surface area contributed by atoms with Gasteiger partial charge in [0.05, 0.1) is 12.7 Å². The van der Waals surface area contributed by atoms with Gasteiger partial charge in [-0.2, -0.15) is 0 Å². The number of benzene rings is 2. The molecule has 2 aromatic carbocycles. The number of hydrogen-bond acceptors (Lipinski definition) is 6. The van der Waals surface area contributed by atoms with E-state index < -0.39 is 44.0 Å². The molecule has 0 spiro atoms. The SMILES string of the molecule is CC(=O)OC1C(C)C(CO[Si](c2ccccc2)(c2ccccc2)C(C)(C)C)OC1n1ccc(=O)[nH]c1=O. The van der Waals surface area contributed by atoms with E-state index in [4.69, 9.17) is 13.9 Å². The van der Waals surface area contributed by atoms with Gasteiger partial charge >= 0.3 is 11.7 Å². The second-order valence-corrected chi connectivity index (χ2v) is 14.8. The highest BCUT2D eigenvalue weighted by molar-refractivity contribution is 6.99. The lowest BCUT2D eigenvalue weighted by Gasteiger charge is -2.43. The fraction of sp³-hybridized carbons (Fsp3) is 0.393. The van der Waals surface area contributed by atoms with E-state index in [1.54, 1.807) is 0 Å². The van der Waals surface area contributed by atoms with Crippen molar-refractivity contribution in [2.24, 2.45) is 5.92 Å². The van der Waals surface area contributed by atoms with E-state index in [2.05, 4.69) is 50.0 Å². The molecule has 4 atom stereocenters. The topological polar surface area (TPSA) is 99.6 Å². The summed E-state index contributed by atoms with van der Waals surface area (Å²) in [6.45, 7) is 10.1. The summed E-state index contributed by atoms with van der Waals surface area (Å²) in [5.74, 6) is -0.748. The van der Waals surface area contributed by atoms with Crippen molar-refractivity contribution in [3.8, 4) is 0 Å². The van der Waals surface area contributed by atoms with E-state index in [0.29, 0.717) is 0 Å². The highest BCUT2D eigenvalue weighted by atomic mass is 28.4. The van der Waals surface area contributed by atoms with Crippen LogP contribution in [0.4, 0.5) is 0 Å². The van der Waals surface area contributed by atoms with Crippen LogP contribution in [0.25, 0.3) is 0 Å². The molecule has 0 saturated carbocycles. The molecular formula is C28H34N2O6Si. The van der Waals surface area contributed by atoms with Crippen LogP contribution in [0.2, 0.25) is 5.04 Å². The van der Waals surface area contributed by atoms with Gasteiger partial charge in [-0.25, -0.2) is 4.79 Å². The van der Waals surface area contributed by atoms with Gasteiger partial charge in [-0.05, 0) is 15.4 Å². The summed E-state index contributed by atoms with van der Waals surface area (Å²) in [5.41, 5.74) is -1.14. The monoisotopic (exact) mass is 522 g/mol.